The van der Waals surface area contributed by atoms with Gasteiger partial charge in [-0.1, -0.05) is 12.1 Å². The zero-order valence-corrected chi connectivity index (χ0v) is 13.4. The van der Waals surface area contributed by atoms with Crippen LogP contribution in [0.2, 0.25) is 0 Å². The van der Waals surface area contributed by atoms with Crippen LogP contribution >= 0.6 is 0 Å². The molecule has 0 spiro atoms. The van der Waals surface area contributed by atoms with Gasteiger partial charge in [-0.15, -0.1) is 0 Å². The number of nitrogens with zero attached hydrogens (tertiary/aromatic N) is 2. The lowest BCUT2D eigenvalue weighted by atomic mass is 9.93. The molecule has 24 heavy (non-hydrogen) atoms. The Morgan fingerprint density at radius 1 is 1.29 bits per heavy atom. The van der Waals surface area contributed by atoms with Crippen molar-refractivity contribution >= 4 is 16.8 Å². The molecule has 1 aliphatic carbocycles. The normalized spacial score (nSPS) is 22.2. The number of hydrogen-bond acceptors (Lipinski definition) is 6. The van der Waals surface area contributed by atoms with Gasteiger partial charge in [-0.25, -0.2) is 9.97 Å². The molecule has 1 saturated carbocycles. The Morgan fingerprint density at radius 2 is 2.08 bits per heavy atom. The number of benzene rings is 1. The van der Waals surface area contributed by atoms with Crippen molar-refractivity contribution in [2.24, 2.45) is 0 Å². The summed E-state index contributed by atoms with van der Waals surface area (Å²) in [6.45, 7) is 0.110. The summed E-state index contributed by atoms with van der Waals surface area (Å²) in [6, 6.07) is 5.50. The summed E-state index contributed by atoms with van der Waals surface area (Å²) in [5, 5.41) is 26.2. The van der Waals surface area contributed by atoms with E-state index >= 15 is 0 Å². The van der Waals surface area contributed by atoms with Gasteiger partial charge in [0.15, 0.2) is 0 Å². The number of fused-ring (bicyclic) bond motifs is 1. The molecule has 4 N–H and O–H groups in total. The number of aliphatic hydroxyl groups excluding tert-OH is 2. The lowest BCUT2D eigenvalue weighted by Gasteiger charge is -2.28. The molecule has 2 aromatic rings. The van der Waals surface area contributed by atoms with Crippen molar-refractivity contribution in [3.63, 3.8) is 0 Å². The van der Waals surface area contributed by atoms with Crippen LogP contribution in [0.15, 0.2) is 30.7 Å². The topological polar surface area (TPSA) is 107 Å². The second-order valence-corrected chi connectivity index (χ2v) is 6.16. The third-order valence-corrected chi connectivity index (χ3v) is 4.36. The van der Waals surface area contributed by atoms with Gasteiger partial charge in [0, 0.05) is 17.6 Å². The van der Waals surface area contributed by atoms with Crippen LogP contribution in [0.1, 0.15) is 36.0 Å². The first-order chi connectivity index (χ1) is 11.6. The highest BCUT2D eigenvalue weighted by atomic mass is 16.3. The maximum absolute atomic E-state index is 12.4. The molecule has 1 fully saturated rings. The van der Waals surface area contributed by atoms with Crippen molar-refractivity contribution in [1.82, 2.24) is 20.6 Å². The number of nitrogens with one attached hydrogen (secondary N) is 2. The molecule has 1 aliphatic rings. The molecule has 1 unspecified atom stereocenters. The second-order valence-electron chi connectivity index (χ2n) is 6.16. The van der Waals surface area contributed by atoms with Crippen molar-refractivity contribution in [2.75, 3.05) is 6.54 Å². The summed E-state index contributed by atoms with van der Waals surface area (Å²) >= 11 is 0. The molecule has 7 heteroatoms. The molecule has 1 aromatic heterocycles. The SMILES string of the molecule is O=C(NCC(O)NC1CCC(O)CC1)c1cccc2cncnc12. The first-order valence-electron chi connectivity index (χ1n) is 8.22. The average molecular weight is 330 g/mol. The zero-order chi connectivity index (χ0) is 16.9. The lowest BCUT2D eigenvalue weighted by molar-refractivity contribution is 0.0735. The van der Waals surface area contributed by atoms with E-state index in [1.54, 1.807) is 18.3 Å². The Morgan fingerprint density at radius 3 is 2.88 bits per heavy atom. The number of carbonyl (C=O) groups excluding carboxylic acids is 1. The molecule has 3 rings (SSSR count). The highest BCUT2D eigenvalue weighted by Gasteiger charge is 2.21. The number of amides is 1. The van der Waals surface area contributed by atoms with E-state index in [-0.39, 0.29) is 24.6 Å². The van der Waals surface area contributed by atoms with Crippen molar-refractivity contribution in [3.05, 3.63) is 36.3 Å². The van der Waals surface area contributed by atoms with E-state index in [0.29, 0.717) is 11.1 Å². The van der Waals surface area contributed by atoms with Gasteiger partial charge < -0.3 is 15.5 Å². The number of carbonyl (C=O) groups is 1. The number of aromatic nitrogens is 2. The predicted molar refractivity (Wildman–Crippen MR) is 89.3 cm³/mol. The monoisotopic (exact) mass is 330 g/mol. The minimum atomic E-state index is -0.821. The van der Waals surface area contributed by atoms with E-state index < -0.39 is 6.23 Å². The minimum absolute atomic E-state index is 0.110. The van der Waals surface area contributed by atoms with Crippen LogP contribution in [0.25, 0.3) is 10.9 Å². The first-order valence-corrected chi connectivity index (χ1v) is 8.22. The van der Waals surface area contributed by atoms with Crippen LogP contribution < -0.4 is 10.6 Å². The third kappa shape index (κ3) is 4.05. The van der Waals surface area contributed by atoms with E-state index in [4.69, 9.17) is 0 Å². The van der Waals surface area contributed by atoms with E-state index in [1.165, 1.54) is 6.33 Å². The maximum Gasteiger partial charge on any atom is 0.253 e. The van der Waals surface area contributed by atoms with Crippen molar-refractivity contribution < 1.29 is 15.0 Å². The Bertz CT molecular complexity index is 696. The molecule has 7 nitrogen and oxygen atoms in total. The molecule has 1 heterocycles. The minimum Gasteiger partial charge on any atom is -0.393 e. The Hall–Kier alpha value is -2.09. The fraction of sp³-hybridized carbons (Fsp3) is 0.471. The Labute approximate surface area is 140 Å². The molecule has 128 valence electrons. The van der Waals surface area contributed by atoms with E-state index in [1.807, 2.05) is 6.07 Å². The fourth-order valence-electron chi connectivity index (χ4n) is 3.06. The summed E-state index contributed by atoms with van der Waals surface area (Å²) in [5.41, 5.74) is 1.05. The molecule has 0 saturated heterocycles. The van der Waals surface area contributed by atoms with Gasteiger partial charge >= 0.3 is 0 Å². The van der Waals surface area contributed by atoms with Gasteiger partial charge in [0.25, 0.3) is 5.91 Å². The van der Waals surface area contributed by atoms with Gasteiger partial charge in [-0.3, -0.25) is 10.1 Å². The van der Waals surface area contributed by atoms with Gasteiger partial charge in [0.2, 0.25) is 0 Å². The smallest absolute Gasteiger partial charge is 0.253 e. The lowest BCUT2D eigenvalue weighted by Crippen LogP contribution is -2.47. The van der Waals surface area contributed by atoms with Crippen LogP contribution in [0.4, 0.5) is 0 Å². The molecule has 1 atom stereocenters. The van der Waals surface area contributed by atoms with Crippen molar-refractivity contribution in [1.29, 1.82) is 0 Å². The standard InChI is InChI=1S/C17H22N4O3/c22-13-6-4-12(5-7-13)21-15(23)9-19-17(24)14-3-1-2-11-8-18-10-20-16(11)14/h1-3,8,10,12-13,15,21-23H,4-7,9H2,(H,19,24). The van der Waals surface area contributed by atoms with Gasteiger partial charge in [-0.05, 0) is 31.7 Å². The number of para-hydroxylation sites is 1. The van der Waals surface area contributed by atoms with E-state index in [2.05, 4.69) is 20.6 Å². The fourth-order valence-corrected chi connectivity index (χ4v) is 3.06. The third-order valence-electron chi connectivity index (χ3n) is 4.36. The second kappa shape index (κ2) is 7.65. The van der Waals surface area contributed by atoms with E-state index in [0.717, 1.165) is 31.1 Å². The Kier molecular flexibility index (Phi) is 5.34. The quantitative estimate of drug-likeness (QED) is 0.597. The molecule has 1 aromatic carbocycles. The van der Waals surface area contributed by atoms with Crippen LogP contribution in [-0.4, -0.2) is 51.0 Å². The summed E-state index contributed by atoms with van der Waals surface area (Å²) in [6.07, 6.45) is 5.16. The van der Waals surface area contributed by atoms with Crippen LogP contribution in [-0.2, 0) is 0 Å². The molecule has 0 bridgehead atoms. The highest BCUT2D eigenvalue weighted by molar-refractivity contribution is 6.05. The van der Waals surface area contributed by atoms with Crippen LogP contribution in [0, 0.1) is 0 Å². The van der Waals surface area contributed by atoms with Crippen molar-refractivity contribution in [3.8, 4) is 0 Å². The predicted octanol–water partition coefficient (Wildman–Crippen LogP) is 0.571. The highest BCUT2D eigenvalue weighted by Crippen LogP contribution is 2.18. The number of hydrogen-bond donors (Lipinski definition) is 4. The molecule has 0 aliphatic heterocycles. The van der Waals surface area contributed by atoms with Gasteiger partial charge in [-0.2, -0.15) is 0 Å². The maximum atomic E-state index is 12.4. The first kappa shape index (κ1) is 16.8. The largest absolute Gasteiger partial charge is 0.393 e. The summed E-state index contributed by atoms with van der Waals surface area (Å²) in [5.74, 6) is -0.279. The van der Waals surface area contributed by atoms with Crippen LogP contribution in [0.3, 0.4) is 0 Å². The Balaban J connectivity index is 1.55. The van der Waals surface area contributed by atoms with Crippen LogP contribution in [0.5, 0.6) is 0 Å². The van der Waals surface area contributed by atoms with Gasteiger partial charge in [0.05, 0.1) is 23.7 Å². The number of rotatable bonds is 5. The van der Waals surface area contributed by atoms with Gasteiger partial charge in [0.1, 0.15) is 12.6 Å². The summed E-state index contributed by atoms with van der Waals surface area (Å²) in [4.78, 5) is 20.5. The van der Waals surface area contributed by atoms with Crippen molar-refractivity contribution in [2.45, 2.75) is 44.1 Å². The zero-order valence-electron chi connectivity index (χ0n) is 13.4. The average Bonchev–Trinajstić information content (AvgIpc) is 2.61. The molecule has 1 amide bonds. The molecular formula is C17H22N4O3. The number of aliphatic hydroxyl groups is 2. The van der Waals surface area contributed by atoms with E-state index in [9.17, 15) is 15.0 Å². The summed E-state index contributed by atoms with van der Waals surface area (Å²) in [7, 11) is 0. The molecule has 0 radical (unpaired) electrons. The molecular weight excluding hydrogens is 308 g/mol. The summed E-state index contributed by atoms with van der Waals surface area (Å²) < 4.78 is 0.